The Balaban J connectivity index is 1.60. The summed E-state index contributed by atoms with van der Waals surface area (Å²) >= 11 is 0. The number of aromatic nitrogens is 1. The van der Waals surface area contributed by atoms with Crippen LogP contribution in [0.2, 0.25) is 0 Å². The summed E-state index contributed by atoms with van der Waals surface area (Å²) in [5.41, 5.74) is 7.38. The van der Waals surface area contributed by atoms with E-state index in [0.717, 1.165) is 22.9 Å². The average Bonchev–Trinajstić information content (AvgIpc) is 3.19. The van der Waals surface area contributed by atoms with E-state index < -0.39 is 6.04 Å². The van der Waals surface area contributed by atoms with Crippen molar-refractivity contribution < 1.29 is 23.8 Å². The van der Waals surface area contributed by atoms with Crippen molar-refractivity contribution in [2.75, 3.05) is 52.7 Å². The molecule has 2 amide bonds. The smallest absolute Gasteiger partial charge is 0.242 e. The molecule has 2 rings (SSSR count). The van der Waals surface area contributed by atoms with Gasteiger partial charge in [0.25, 0.3) is 0 Å². The molecule has 0 aliphatic carbocycles. The van der Waals surface area contributed by atoms with Gasteiger partial charge < -0.3 is 35.6 Å². The van der Waals surface area contributed by atoms with Crippen molar-refractivity contribution >= 4 is 22.7 Å². The van der Waals surface area contributed by atoms with Gasteiger partial charge in [-0.05, 0) is 31.0 Å². The van der Waals surface area contributed by atoms with Crippen LogP contribution in [0.5, 0.6) is 0 Å². The SMILES string of the molecule is CC(=O)N[C@@H](Cc1c[nH]c2ccccc12)C(=O)NCCCOCCOCCOCCCN. The molecule has 0 radical (unpaired) electrons. The molecule has 5 N–H and O–H groups in total. The highest BCUT2D eigenvalue weighted by Crippen LogP contribution is 2.19. The van der Waals surface area contributed by atoms with E-state index in [0.29, 0.717) is 65.6 Å². The molecule has 0 fully saturated rings. The van der Waals surface area contributed by atoms with Crippen LogP contribution in [0.4, 0.5) is 0 Å². The van der Waals surface area contributed by atoms with E-state index in [1.807, 2.05) is 30.5 Å². The van der Waals surface area contributed by atoms with Crippen molar-refractivity contribution in [3.05, 3.63) is 36.0 Å². The number of ether oxygens (including phenoxy) is 3. The van der Waals surface area contributed by atoms with Gasteiger partial charge in [-0.1, -0.05) is 18.2 Å². The van der Waals surface area contributed by atoms with E-state index in [1.54, 1.807) is 0 Å². The van der Waals surface area contributed by atoms with Crippen molar-refractivity contribution in [3.8, 4) is 0 Å². The second-order valence-electron chi connectivity index (χ2n) is 7.44. The zero-order valence-corrected chi connectivity index (χ0v) is 18.9. The number of carbonyl (C=O) groups is 2. The average molecular weight is 449 g/mol. The van der Waals surface area contributed by atoms with Crippen LogP contribution in [-0.2, 0) is 30.2 Å². The molecule has 9 heteroatoms. The molecular weight excluding hydrogens is 412 g/mol. The number of benzene rings is 1. The third kappa shape index (κ3) is 9.78. The van der Waals surface area contributed by atoms with Gasteiger partial charge in [0, 0.05) is 50.2 Å². The van der Waals surface area contributed by atoms with Crippen molar-refractivity contribution in [3.63, 3.8) is 0 Å². The van der Waals surface area contributed by atoms with E-state index in [4.69, 9.17) is 19.9 Å². The fourth-order valence-electron chi connectivity index (χ4n) is 3.21. The highest BCUT2D eigenvalue weighted by molar-refractivity contribution is 5.89. The molecule has 1 heterocycles. The molecule has 0 saturated carbocycles. The number of H-pyrrole nitrogens is 1. The summed E-state index contributed by atoms with van der Waals surface area (Å²) in [4.78, 5) is 27.4. The molecule has 0 spiro atoms. The Morgan fingerprint density at radius 3 is 2.34 bits per heavy atom. The van der Waals surface area contributed by atoms with Gasteiger partial charge in [0.1, 0.15) is 6.04 Å². The lowest BCUT2D eigenvalue weighted by Crippen LogP contribution is -2.47. The maximum atomic E-state index is 12.6. The zero-order valence-electron chi connectivity index (χ0n) is 18.9. The topological polar surface area (TPSA) is 128 Å². The molecule has 32 heavy (non-hydrogen) atoms. The maximum absolute atomic E-state index is 12.6. The number of hydrogen-bond donors (Lipinski definition) is 4. The first-order valence-electron chi connectivity index (χ1n) is 11.1. The summed E-state index contributed by atoms with van der Waals surface area (Å²) < 4.78 is 16.3. The number of hydrogen-bond acceptors (Lipinski definition) is 6. The fraction of sp³-hybridized carbons (Fsp3) is 0.565. The Morgan fingerprint density at radius 1 is 1.00 bits per heavy atom. The maximum Gasteiger partial charge on any atom is 0.242 e. The quantitative estimate of drug-likeness (QED) is 0.269. The molecule has 0 saturated heterocycles. The van der Waals surface area contributed by atoms with Crippen molar-refractivity contribution in [1.29, 1.82) is 0 Å². The molecule has 1 aromatic carbocycles. The minimum absolute atomic E-state index is 0.205. The number of rotatable bonds is 17. The molecule has 0 aliphatic rings. The summed E-state index contributed by atoms with van der Waals surface area (Å²) in [6.45, 7) is 5.78. The van der Waals surface area contributed by atoms with Gasteiger partial charge in [-0.15, -0.1) is 0 Å². The van der Waals surface area contributed by atoms with E-state index in [9.17, 15) is 9.59 Å². The molecule has 0 bridgehead atoms. The molecule has 1 aromatic heterocycles. The van der Waals surface area contributed by atoms with Crippen LogP contribution in [0.25, 0.3) is 10.9 Å². The van der Waals surface area contributed by atoms with Gasteiger partial charge in [-0.2, -0.15) is 0 Å². The molecular formula is C23H36N4O5. The number of carbonyl (C=O) groups excluding carboxylic acids is 2. The molecule has 0 unspecified atom stereocenters. The Bertz CT molecular complexity index is 811. The lowest BCUT2D eigenvalue weighted by molar-refractivity contribution is -0.128. The number of amides is 2. The summed E-state index contributed by atoms with van der Waals surface area (Å²) in [5.74, 6) is -0.443. The number of para-hydroxylation sites is 1. The monoisotopic (exact) mass is 448 g/mol. The van der Waals surface area contributed by atoms with Crippen molar-refractivity contribution in [2.24, 2.45) is 5.73 Å². The number of nitrogens with one attached hydrogen (secondary N) is 3. The van der Waals surface area contributed by atoms with Crippen LogP contribution in [-0.4, -0.2) is 75.6 Å². The van der Waals surface area contributed by atoms with Gasteiger partial charge in [0.05, 0.1) is 26.4 Å². The van der Waals surface area contributed by atoms with E-state index >= 15 is 0 Å². The van der Waals surface area contributed by atoms with Gasteiger partial charge in [0.2, 0.25) is 11.8 Å². The first-order valence-corrected chi connectivity index (χ1v) is 11.1. The summed E-state index contributed by atoms with van der Waals surface area (Å²) in [6.07, 6.45) is 3.83. The number of fused-ring (bicyclic) bond motifs is 1. The Morgan fingerprint density at radius 2 is 1.66 bits per heavy atom. The van der Waals surface area contributed by atoms with Crippen LogP contribution in [0.3, 0.4) is 0 Å². The number of nitrogens with two attached hydrogens (primary N) is 1. The van der Waals surface area contributed by atoms with Crippen LogP contribution in [0.15, 0.2) is 30.5 Å². The minimum Gasteiger partial charge on any atom is -0.379 e. The van der Waals surface area contributed by atoms with Crippen LogP contribution < -0.4 is 16.4 Å². The van der Waals surface area contributed by atoms with Crippen molar-refractivity contribution in [1.82, 2.24) is 15.6 Å². The Labute approximate surface area is 189 Å². The third-order valence-corrected chi connectivity index (χ3v) is 4.79. The van der Waals surface area contributed by atoms with Gasteiger partial charge in [-0.25, -0.2) is 0 Å². The van der Waals surface area contributed by atoms with Crippen LogP contribution in [0, 0.1) is 0 Å². The third-order valence-electron chi connectivity index (χ3n) is 4.79. The molecule has 9 nitrogen and oxygen atoms in total. The first kappa shape index (κ1) is 25.8. The first-order chi connectivity index (χ1) is 15.6. The summed E-state index contributed by atoms with van der Waals surface area (Å²) in [7, 11) is 0. The highest BCUT2D eigenvalue weighted by atomic mass is 16.5. The predicted octanol–water partition coefficient (Wildman–Crippen LogP) is 1.12. The standard InChI is InChI=1S/C23H36N4O5/c1-18(28)27-22(16-19-17-26-21-7-3-2-6-20(19)21)23(29)25-9-5-11-31-13-15-32-14-12-30-10-4-8-24/h2-3,6-7,17,22,26H,4-5,8-16,24H2,1H3,(H,25,29)(H,27,28)/t22-/m0/s1. The molecule has 0 aliphatic heterocycles. The summed E-state index contributed by atoms with van der Waals surface area (Å²) in [6, 6.07) is 7.26. The lowest BCUT2D eigenvalue weighted by atomic mass is 10.0. The largest absolute Gasteiger partial charge is 0.379 e. The lowest BCUT2D eigenvalue weighted by Gasteiger charge is -2.17. The van der Waals surface area contributed by atoms with Gasteiger partial charge >= 0.3 is 0 Å². The van der Waals surface area contributed by atoms with E-state index in [2.05, 4.69) is 15.6 Å². The normalized spacial score (nSPS) is 12.1. The van der Waals surface area contributed by atoms with Gasteiger partial charge in [0.15, 0.2) is 0 Å². The van der Waals surface area contributed by atoms with Crippen LogP contribution in [0.1, 0.15) is 25.3 Å². The fourth-order valence-corrected chi connectivity index (χ4v) is 3.21. The Kier molecular flexibility index (Phi) is 12.4. The predicted molar refractivity (Wildman–Crippen MR) is 123 cm³/mol. The molecule has 2 aromatic rings. The molecule has 178 valence electrons. The Hall–Kier alpha value is -2.46. The van der Waals surface area contributed by atoms with Gasteiger partial charge in [-0.3, -0.25) is 9.59 Å². The number of aromatic amines is 1. The van der Waals surface area contributed by atoms with Crippen LogP contribution >= 0.6 is 0 Å². The zero-order chi connectivity index (χ0) is 23.0. The molecule has 1 atom stereocenters. The summed E-state index contributed by atoms with van der Waals surface area (Å²) in [5, 5.41) is 6.68. The minimum atomic E-state index is -0.631. The van der Waals surface area contributed by atoms with E-state index in [-0.39, 0.29) is 11.8 Å². The second-order valence-corrected chi connectivity index (χ2v) is 7.44. The van der Waals surface area contributed by atoms with E-state index in [1.165, 1.54) is 6.92 Å². The van der Waals surface area contributed by atoms with Crippen molar-refractivity contribution in [2.45, 2.75) is 32.2 Å². The highest BCUT2D eigenvalue weighted by Gasteiger charge is 2.21. The second kappa shape index (κ2) is 15.4.